The van der Waals surface area contributed by atoms with Gasteiger partial charge in [-0.25, -0.2) is 4.98 Å². The number of piperazine rings is 1. The highest BCUT2D eigenvalue weighted by molar-refractivity contribution is 7.22. The van der Waals surface area contributed by atoms with Crippen molar-refractivity contribution >= 4 is 38.6 Å². The van der Waals surface area contributed by atoms with Gasteiger partial charge in [-0.2, -0.15) is 0 Å². The molecule has 0 unspecified atom stereocenters. The van der Waals surface area contributed by atoms with E-state index < -0.39 is 5.97 Å². The Hall–Kier alpha value is -2.97. The van der Waals surface area contributed by atoms with Crippen molar-refractivity contribution in [1.82, 2.24) is 14.8 Å². The number of hydrogen-bond acceptors (Lipinski definition) is 6. The van der Waals surface area contributed by atoms with Gasteiger partial charge in [-0.05, 0) is 43.2 Å². The zero-order chi connectivity index (χ0) is 23.7. The van der Waals surface area contributed by atoms with Crippen LogP contribution in [0.3, 0.4) is 0 Å². The molecule has 0 aliphatic carbocycles. The molecule has 4 rings (SSSR count). The molecule has 0 radical (unpaired) electrons. The lowest BCUT2D eigenvalue weighted by atomic mass is 10.0. The molecule has 2 heterocycles. The average molecular weight is 467 g/mol. The molecule has 2 atom stereocenters. The number of thiazole rings is 1. The van der Waals surface area contributed by atoms with E-state index >= 15 is 0 Å². The lowest BCUT2D eigenvalue weighted by Crippen LogP contribution is -2.56. The summed E-state index contributed by atoms with van der Waals surface area (Å²) in [4.78, 5) is 34.6. The van der Waals surface area contributed by atoms with E-state index in [1.165, 1.54) is 0 Å². The monoisotopic (exact) mass is 466 g/mol. The van der Waals surface area contributed by atoms with Crippen LogP contribution in [0.15, 0.2) is 42.5 Å². The fraction of sp³-hybridized carbons (Fsp3) is 0.400. The summed E-state index contributed by atoms with van der Waals surface area (Å²) in [5.74, 6) is -0.813. The van der Waals surface area contributed by atoms with Crippen molar-refractivity contribution in [2.24, 2.45) is 0 Å². The van der Waals surface area contributed by atoms with E-state index in [4.69, 9.17) is 10.1 Å². The number of rotatable bonds is 6. The number of carboxylic acids is 1. The van der Waals surface area contributed by atoms with Gasteiger partial charge in [0.1, 0.15) is 0 Å². The van der Waals surface area contributed by atoms with E-state index in [9.17, 15) is 9.59 Å². The van der Waals surface area contributed by atoms with E-state index in [-0.39, 0.29) is 12.3 Å². The summed E-state index contributed by atoms with van der Waals surface area (Å²) in [6.45, 7) is 6.97. The molecule has 3 aromatic rings. The predicted molar refractivity (Wildman–Crippen MR) is 132 cm³/mol. The zero-order valence-electron chi connectivity index (χ0n) is 19.5. The molecular weight excluding hydrogens is 436 g/mol. The highest BCUT2D eigenvalue weighted by Gasteiger charge is 2.31. The van der Waals surface area contributed by atoms with Gasteiger partial charge in [0, 0.05) is 51.4 Å². The van der Waals surface area contributed by atoms with E-state index in [0.29, 0.717) is 17.6 Å². The number of amides is 1. The first kappa shape index (κ1) is 23.2. The van der Waals surface area contributed by atoms with Crippen LogP contribution in [-0.4, -0.2) is 71.0 Å². The minimum atomic E-state index is -0.809. The molecule has 8 heteroatoms. The molecule has 1 aliphatic heterocycles. The SMILES string of the molecule is C[C@@H]1CN(c2nc3ccc(C(=O)N(C)C)cc3s2)C[C@H](C)N1Cc1cccc(CC(=O)O)c1. The lowest BCUT2D eigenvalue weighted by molar-refractivity contribution is -0.136. The minimum Gasteiger partial charge on any atom is -0.481 e. The quantitative estimate of drug-likeness (QED) is 0.597. The molecule has 1 aliphatic rings. The van der Waals surface area contributed by atoms with Crippen molar-refractivity contribution in [2.75, 3.05) is 32.1 Å². The van der Waals surface area contributed by atoms with Gasteiger partial charge in [-0.15, -0.1) is 0 Å². The number of anilines is 1. The topological polar surface area (TPSA) is 77.0 Å². The maximum absolute atomic E-state index is 12.3. The molecule has 1 saturated heterocycles. The molecule has 0 saturated carbocycles. The summed E-state index contributed by atoms with van der Waals surface area (Å²) in [5.41, 5.74) is 3.57. The minimum absolute atomic E-state index is 0.00451. The van der Waals surface area contributed by atoms with Crippen LogP contribution in [0, 0.1) is 0 Å². The van der Waals surface area contributed by atoms with Crippen LogP contribution in [0.2, 0.25) is 0 Å². The Morgan fingerprint density at radius 2 is 1.79 bits per heavy atom. The number of carbonyl (C=O) groups excluding carboxylic acids is 1. The van der Waals surface area contributed by atoms with Gasteiger partial charge in [0.25, 0.3) is 5.91 Å². The first-order valence-electron chi connectivity index (χ1n) is 11.1. The Labute approximate surface area is 198 Å². The van der Waals surface area contributed by atoms with Gasteiger partial charge >= 0.3 is 5.97 Å². The molecule has 174 valence electrons. The molecule has 0 bridgehead atoms. The van der Waals surface area contributed by atoms with Crippen LogP contribution in [0.1, 0.15) is 35.3 Å². The molecule has 1 aromatic heterocycles. The van der Waals surface area contributed by atoms with Crippen LogP contribution >= 0.6 is 11.3 Å². The molecule has 1 amide bonds. The number of carbonyl (C=O) groups is 2. The largest absolute Gasteiger partial charge is 0.481 e. The Kier molecular flexibility index (Phi) is 6.67. The summed E-state index contributed by atoms with van der Waals surface area (Å²) in [5, 5.41) is 10.1. The molecule has 33 heavy (non-hydrogen) atoms. The van der Waals surface area contributed by atoms with Gasteiger partial charge in [0.2, 0.25) is 0 Å². The third kappa shape index (κ3) is 5.17. The van der Waals surface area contributed by atoms with Crippen molar-refractivity contribution in [1.29, 1.82) is 0 Å². The lowest BCUT2D eigenvalue weighted by Gasteiger charge is -2.44. The van der Waals surface area contributed by atoms with Gasteiger partial charge in [-0.1, -0.05) is 35.6 Å². The van der Waals surface area contributed by atoms with Gasteiger partial charge in [0.05, 0.1) is 16.6 Å². The average Bonchev–Trinajstić information content (AvgIpc) is 3.19. The second-order valence-electron chi connectivity index (χ2n) is 9.04. The summed E-state index contributed by atoms with van der Waals surface area (Å²) in [7, 11) is 3.52. The van der Waals surface area contributed by atoms with E-state index in [1.54, 1.807) is 30.3 Å². The maximum atomic E-state index is 12.3. The normalized spacial score (nSPS) is 19.1. The van der Waals surface area contributed by atoms with Crippen LogP contribution in [0.5, 0.6) is 0 Å². The van der Waals surface area contributed by atoms with E-state index in [0.717, 1.165) is 46.1 Å². The maximum Gasteiger partial charge on any atom is 0.307 e. The smallest absolute Gasteiger partial charge is 0.307 e. The summed E-state index contributed by atoms with van der Waals surface area (Å²) in [6, 6.07) is 14.2. The second-order valence-corrected chi connectivity index (χ2v) is 10.1. The standard InChI is InChI=1S/C25H30N4O3S/c1-16-13-28(25-26-21-9-8-20(12-22(21)33-25)24(32)27(3)4)14-17(2)29(16)15-19-7-5-6-18(10-19)11-23(30)31/h5-10,12,16-17H,11,13-15H2,1-4H3,(H,30,31)/t16-,17+. The summed E-state index contributed by atoms with van der Waals surface area (Å²) < 4.78 is 1.02. The first-order chi connectivity index (χ1) is 15.7. The Bertz CT molecular complexity index is 1160. The predicted octanol–water partition coefficient (Wildman–Crippen LogP) is 3.72. The number of aliphatic carboxylic acids is 1. The van der Waals surface area contributed by atoms with Crippen LogP contribution in [-0.2, 0) is 17.8 Å². The molecule has 2 aromatic carbocycles. The number of carboxylic acid groups (broad SMARTS) is 1. The van der Waals surface area contributed by atoms with Crippen molar-refractivity contribution in [3.63, 3.8) is 0 Å². The van der Waals surface area contributed by atoms with Gasteiger partial charge < -0.3 is 14.9 Å². The highest BCUT2D eigenvalue weighted by atomic mass is 32.1. The summed E-state index contributed by atoms with van der Waals surface area (Å²) in [6.07, 6.45) is 0.0478. The number of fused-ring (bicyclic) bond motifs is 1. The first-order valence-corrected chi connectivity index (χ1v) is 12.0. The molecular formula is C25H30N4O3S. The van der Waals surface area contributed by atoms with Crippen molar-refractivity contribution in [3.8, 4) is 0 Å². The number of hydrogen-bond donors (Lipinski definition) is 1. The van der Waals surface area contributed by atoms with Crippen molar-refractivity contribution < 1.29 is 14.7 Å². The van der Waals surface area contributed by atoms with E-state index in [1.807, 2.05) is 36.4 Å². The number of nitrogens with zero attached hydrogens (tertiary/aromatic N) is 4. The number of benzene rings is 2. The van der Waals surface area contributed by atoms with Gasteiger partial charge in [0.15, 0.2) is 5.13 Å². The molecule has 1 fully saturated rings. The van der Waals surface area contributed by atoms with Gasteiger partial charge in [-0.3, -0.25) is 14.5 Å². The van der Waals surface area contributed by atoms with Crippen molar-refractivity contribution in [2.45, 2.75) is 38.9 Å². The Balaban J connectivity index is 1.48. The second kappa shape index (κ2) is 9.49. The fourth-order valence-corrected chi connectivity index (χ4v) is 5.51. The molecule has 1 N–H and O–H groups in total. The fourth-order valence-electron chi connectivity index (χ4n) is 4.49. The third-order valence-electron chi connectivity index (χ3n) is 6.11. The van der Waals surface area contributed by atoms with E-state index in [2.05, 4.69) is 29.7 Å². The van der Waals surface area contributed by atoms with Crippen LogP contribution in [0.25, 0.3) is 10.2 Å². The zero-order valence-corrected chi connectivity index (χ0v) is 20.3. The highest BCUT2D eigenvalue weighted by Crippen LogP contribution is 2.32. The Morgan fingerprint density at radius 1 is 1.09 bits per heavy atom. The van der Waals surface area contributed by atoms with Crippen LogP contribution < -0.4 is 4.90 Å². The Morgan fingerprint density at radius 3 is 2.45 bits per heavy atom. The van der Waals surface area contributed by atoms with Crippen LogP contribution in [0.4, 0.5) is 5.13 Å². The molecule has 0 spiro atoms. The molecule has 7 nitrogen and oxygen atoms in total. The number of aromatic nitrogens is 1. The third-order valence-corrected chi connectivity index (χ3v) is 7.19. The summed E-state index contributed by atoms with van der Waals surface area (Å²) >= 11 is 1.63. The van der Waals surface area contributed by atoms with Crippen molar-refractivity contribution in [3.05, 3.63) is 59.2 Å².